The molecule has 0 fully saturated rings. The summed E-state index contributed by atoms with van der Waals surface area (Å²) in [7, 11) is 1.78. The molecule has 1 aliphatic carbocycles. The van der Waals surface area contributed by atoms with Gasteiger partial charge in [-0.2, -0.15) is 0 Å². The highest BCUT2D eigenvalue weighted by Gasteiger charge is 2.25. The fourth-order valence-corrected chi connectivity index (χ4v) is 2.80. The molecule has 2 rings (SSSR count). The number of aryl methyl sites for hydroxylation is 1. The minimum Gasteiger partial charge on any atom is -0.496 e. The molecule has 1 aliphatic rings. The topological polar surface area (TPSA) is 9.23 Å². The third-order valence-corrected chi connectivity index (χ3v) is 3.46. The standard InChI is InChI=1S/C15H22O/c1-15(2,3)14-12-8-6-5-7-11(12)9-10-13(14)16-4/h9-10H,5-8H2,1-4H3. The molecule has 1 nitrogen and oxygen atoms in total. The van der Waals surface area contributed by atoms with Crippen LogP contribution in [0.5, 0.6) is 5.75 Å². The lowest BCUT2D eigenvalue weighted by Crippen LogP contribution is -2.19. The van der Waals surface area contributed by atoms with E-state index in [-0.39, 0.29) is 5.41 Å². The lowest BCUT2D eigenvalue weighted by atomic mass is 9.77. The van der Waals surface area contributed by atoms with E-state index in [9.17, 15) is 0 Å². The predicted molar refractivity (Wildman–Crippen MR) is 68.3 cm³/mol. The van der Waals surface area contributed by atoms with E-state index in [1.54, 1.807) is 12.7 Å². The molecule has 1 aromatic rings. The Morgan fingerprint density at radius 2 is 1.75 bits per heavy atom. The van der Waals surface area contributed by atoms with Crippen LogP contribution in [0.3, 0.4) is 0 Å². The summed E-state index contributed by atoms with van der Waals surface area (Å²) in [5.74, 6) is 1.06. The van der Waals surface area contributed by atoms with Crippen LogP contribution in [-0.4, -0.2) is 7.11 Å². The molecule has 1 heteroatoms. The van der Waals surface area contributed by atoms with Gasteiger partial charge < -0.3 is 4.74 Å². The average Bonchev–Trinajstić information content (AvgIpc) is 2.26. The van der Waals surface area contributed by atoms with Crippen molar-refractivity contribution in [3.8, 4) is 5.75 Å². The number of fused-ring (bicyclic) bond motifs is 1. The molecule has 0 spiro atoms. The molecule has 0 heterocycles. The number of rotatable bonds is 1. The van der Waals surface area contributed by atoms with E-state index in [2.05, 4.69) is 32.9 Å². The quantitative estimate of drug-likeness (QED) is 0.695. The number of methoxy groups -OCH3 is 1. The molecule has 0 unspecified atom stereocenters. The van der Waals surface area contributed by atoms with Crippen molar-refractivity contribution < 1.29 is 4.74 Å². The number of hydrogen-bond acceptors (Lipinski definition) is 1. The lowest BCUT2D eigenvalue weighted by molar-refractivity contribution is 0.394. The fourth-order valence-electron chi connectivity index (χ4n) is 2.80. The summed E-state index contributed by atoms with van der Waals surface area (Å²) < 4.78 is 5.54. The molecule has 0 saturated carbocycles. The van der Waals surface area contributed by atoms with Crippen LogP contribution < -0.4 is 4.74 Å². The summed E-state index contributed by atoms with van der Waals surface area (Å²) in [4.78, 5) is 0. The van der Waals surface area contributed by atoms with Crippen LogP contribution in [0.15, 0.2) is 12.1 Å². The Kier molecular flexibility index (Phi) is 2.96. The van der Waals surface area contributed by atoms with Gasteiger partial charge >= 0.3 is 0 Å². The van der Waals surface area contributed by atoms with Crippen molar-refractivity contribution in [1.29, 1.82) is 0 Å². The minimum absolute atomic E-state index is 0.175. The van der Waals surface area contributed by atoms with Crippen LogP contribution in [-0.2, 0) is 18.3 Å². The smallest absolute Gasteiger partial charge is 0.122 e. The third kappa shape index (κ3) is 1.95. The third-order valence-electron chi connectivity index (χ3n) is 3.46. The van der Waals surface area contributed by atoms with Crippen LogP contribution in [0.4, 0.5) is 0 Å². The summed E-state index contributed by atoms with van der Waals surface area (Å²) in [5.41, 5.74) is 4.69. The van der Waals surface area contributed by atoms with Gasteiger partial charge in [0.1, 0.15) is 5.75 Å². The molecule has 0 aliphatic heterocycles. The second kappa shape index (κ2) is 4.12. The number of benzene rings is 1. The van der Waals surface area contributed by atoms with Crippen molar-refractivity contribution in [2.24, 2.45) is 0 Å². The van der Waals surface area contributed by atoms with Crippen molar-refractivity contribution in [1.82, 2.24) is 0 Å². The summed E-state index contributed by atoms with van der Waals surface area (Å²) >= 11 is 0. The maximum absolute atomic E-state index is 5.54. The van der Waals surface area contributed by atoms with E-state index in [0.717, 1.165) is 5.75 Å². The second-order valence-corrected chi connectivity index (χ2v) is 5.74. The minimum atomic E-state index is 0.175. The zero-order chi connectivity index (χ0) is 11.8. The molecule has 16 heavy (non-hydrogen) atoms. The lowest BCUT2D eigenvalue weighted by Gasteiger charge is -2.29. The van der Waals surface area contributed by atoms with Gasteiger partial charge in [0.15, 0.2) is 0 Å². The molecule has 0 radical (unpaired) electrons. The van der Waals surface area contributed by atoms with Crippen molar-refractivity contribution in [3.63, 3.8) is 0 Å². The first-order valence-corrected chi connectivity index (χ1v) is 6.23. The summed E-state index contributed by atoms with van der Waals surface area (Å²) in [5, 5.41) is 0. The summed E-state index contributed by atoms with van der Waals surface area (Å²) in [6.07, 6.45) is 5.12. The Morgan fingerprint density at radius 3 is 2.38 bits per heavy atom. The van der Waals surface area contributed by atoms with Crippen LogP contribution in [0.2, 0.25) is 0 Å². The van der Waals surface area contributed by atoms with Crippen molar-refractivity contribution >= 4 is 0 Å². The van der Waals surface area contributed by atoms with Gasteiger partial charge in [0.05, 0.1) is 7.11 Å². The van der Waals surface area contributed by atoms with Gasteiger partial charge in [0.25, 0.3) is 0 Å². The van der Waals surface area contributed by atoms with Gasteiger partial charge in [-0.15, -0.1) is 0 Å². The average molecular weight is 218 g/mol. The largest absolute Gasteiger partial charge is 0.496 e. The van der Waals surface area contributed by atoms with Crippen LogP contribution >= 0.6 is 0 Å². The molecular weight excluding hydrogens is 196 g/mol. The summed E-state index contributed by atoms with van der Waals surface area (Å²) in [6.45, 7) is 6.83. The van der Waals surface area contributed by atoms with E-state index in [1.165, 1.54) is 36.8 Å². The Labute approximate surface area is 98.8 Å². The van der Waals surface area contributed by atoms with E-state index in [4.69, 9.17) is 4.74 Å². The zero-order valence-corrected chi connectivity index (χ0v) is 10.9. The van der Waals surface area contributed by atoms with Gasteiger partial charge in [-0.1, -0.05) is 26.8 Å². The van der Waals surface area contributed by atoms with Gasteiger partial charge in [-0.25, -0.2) is 0 Å². The first-order valence-electron chi connectivity index (χ1n) is 6.23. The van der Waals surface area contributed by atoms with Crippen LogP contribution in [0, 0.1) is 0 Å². The van der Waals surface area contributed by atoms with Crippen LogP contribution in [0.25, 0.3) is 0 Å². The first-order chi connectivity index (χ1) is 7.54. The Morgan fingerprint density at radius 1 is 1.06 bits per heavy atom. The molecule has 1 aromatic carbocycles. The molecule has 0 amide bonds. The molecule has 0 N–H and O–H groups in total. The highest BCUT2D eigenvalue weighted by Crippen LogP contribution is 2.38. The van der Waals surface area contributed by atoms with Gasteiger partial charge in [-0.3, -0.25) is 0 Å². The number of hydrogen-bond donors (Lipinski definition) is 0. The van der Waals surface area contributed by atoms with Crippen molar-refractivity contribution in [2.75, 3.05) is 7.11 Å². The van der Waals surface area contributed by atoms with Gasteiger partial charge in [-0.05, 0) is 48.3 Å². The highest BCUT2D eigenvalue weighted by atomic mass is 16.5. The van der Waals surface area contributed by atoms with Gasteiger partial charge in [0, 0.05) is 5.56 Å². The predicted octanol–water partition coefficient (Wildman–Crippen LogP) is 3.87. The molecular formula is C15H22O. The Hall–Kier alpha value is -0.980. The monoisotopic (exact) mass is 218 g/mol. The van der Waals surface area contributed by atoms with E-state index in [0.29, 0.717) is 0 Å². The fraction of sp³-hybridized carbons (Fsp3) is 0.600. The van der Waals surface area contributed by atoms with Crippen molar-refractivity contribution in [3.05, 3.63) is 28.8 Å². The maximum atomic E-state index is 5.54. The second-order valence-electron chi connectivity index (χ2n) is 5.74. The first kappa shape index (κ1) is 11.5. The maximum Gasteiger partial charge on any atom is 0.122 e. The van der Waals surface area contributed by atoms with Crippen molar-refractivity contribution in [2.45, 2.75) is 51.9 Å². The number of ether oxygens (including phenoxy) is 1. The van der Waals surface area contributed by atoms with Crippen LogP contribution in [0.1, 0.15) is 50.3 Å². The molecule has 0 bridgehead atoms. The molecule has 0 atom stereocenters. The van der Waals surface area contributed by atoms with E-state index < -0.39 is 0 Å². The molecule has 0 saturated heterocycles. The molecule has 0 aromatic heterocycles. The SMILES string of the molecule is COc1ccc2c(c1C(C)(C)C)CCCC2. The highest BCUT2D eigenvalue weighted by molar-refractivity contribution is 5.49. The van der Waals surface area contributed by atoms with E-state index >= 15 is 0 Å². The van der Waals surface area contributed by atoms with Gasteiger partial charge in [0.2, 0.25) is 0 Å². The molecule has 88 valence electrons. The zero-order valence-electron chi connectivity index (χ0n) is 10.9. The normalized spacial score (nSPS) is 15.8. The Bertz CT molecular complexity index is 385. The van der Waals surface area contributed by atoms with E-state index in [1.807, 2.05) is 0 Å². The summed E-state index contributed by atoms with van der Waals surface area (Å²) in [6, 6.07) is 4.40. The Balaban J connectivity index is 2.61.